The number of ether oxygens (including phenoxy) is 1. The molecule has 1 atom stereocenters. The first kappa shape index (κ1) is 19.2. The van der Waals surface area contributed by atoms with Gasteiger partial charge >= 0.3 is 5.97 Å². The van der Waals surface area contributed by atoms with Gasteiger partial charge in [0.05, 0.1) is 25.8 Å². The lowest BCUT2D eigenvalue weighted by Crippen LogP contribution is -2.34. The minimum atomic E-state index is -0.490. The fraction of sp³-hybridized carbons (Fsp3) is 0.316. The molecule has 0 fully saturated rings. The lowest BCUT2D eigenvalue weighted by Gasteiger charge is -2.18. The maximum Gasteiger partial charge on any atom is 0.307 e. The maximum absolute atomic E-state index is 12.2. The van der Waals surface area contributed by atoms with Crippen molar-refractivity contribution in [1.82, 2.24) is 10.6 Å². The van der Waals surface area contributed by atoms with Gasteiger partial charge in [-0.3, -0.25) is 14.4 Å². The van der Waals surface area contributed by atoms with Crippen LogP contribution < -0.4 is 10.6 Å². The van der Waals surface area contributed by atoms with E-state index in [-0.39, 0.29) is 37.0 Å². The van der Waals surface area contributed by atoms with Crippen molar-refractivity contribution in [1.29, 1.82) is 0 Å². The van der Waals surface area contributed by atoms with Gasteiger partial charge in [-0.05, 0) is 24.6 Å². The molecule has 0 radical (unpaired) electrons. The van der Waals surface area contributed by atoms with Crippen LogP contribution in [0, 0.1) is 6.92 Å². The summed E-state index contributed by atoms with van der Waals surface area (Å²) in [6.45, 7) is 2.11. The van der Waals surface area contributed by atoms with E-state index >= 15 is 0 Å². The summed E-state index contributed by atoms with van der Waals surface area (Å²) in [4.78, 5) is 35.6. The van der Waals surface area contributed by atoms with E-state index in [1.807, 2.05) is 31.2 Å². The van der Waals surface area contributed by atoms with Crippen LogP contribution in [-0.2, 0) is 14.3 Å². The summed E-state index contributed by atoms with van der Waals surface area (Å²) in [6, 6.07) is 10.2. The van der Waals surface area contributed by atoms with E-state index in [0.717, 1.165) is 11.1 Å². The monoisotopic (exact) mass is 358 g/mol. The second-order valence-electron chi connectivity index (χ2n) is 5.79. The molecule has 2 rings (SSSR count). The maximum atomic E-state index is 12.2. The van der Waals surface area contributed by atoms with E-state index in [4.69, 9.17) is 9.15 Å². The molecule has 0 saturated carbocycles. The number of hydrogen-bond acceptors (Lipinski definition) is 5. The van der Waals surface area contributed by atoms with Crippen molar-refractivity contribution in [3.05, 3.63) is 59.5 Å². The van der Waals surface area contributed by atoms with Gasteiger partial charge in [-0.1, -0.05) is 29.8 Å². The van der Waals surface area contributed by atoms with Gasteiger partial charge in [0.2, 0.25) is 5.91 Å². The van der Waals surface area contributed by atoms with Crippen LogP contribution in [0.1, 0.15) is 40.6 Å². The quantitative estimate of drug-likeness (QED) is 0.705. The molecule has 0 spiro atoms. The van der Waals surface area contributed by atoms with Crippen LogP contribution in [-0.4, -0.2) is 31.4 Å². The third-order valence-electron chi connectivity index (χ3n) is 3.80. The molecule has 7 nitrogen and oxygen atoms in total. The van der Waals surface area contributed by atoms with Crippen molar-refractivity contribution in [3.8, 4) is 0 Å². The third kappa shape index (κ3) is 5.77. The highest BCUT2D eigenvalue weighted by Gasteiger charge is 2.19. The fourth-order valence-corrected chi connectivity index (χ4v) is 2.35. The largest absolute Gasteiger partial charge is 0.469 e. The summed E-state index contributed by atoms with van der Waals surface area (Å²) in [5.41, 5.74) is 1.89. The van der Waals surface area contributed by atoms with Gasteiger partial charge in [0.25, 0.3) is 5.91 Å². The van der Waals surface area contributed by atoms with Crippen LogP contribution in [0.4, 0.5) is 0 Å². The van der Waals surface area contributed by atoms with Crippen LogP contribution in [0.25, 0.3) is 0 Å². The van der Waals surface area contributed by atoms with Crippen LogP contribution in [0.3, 0.4) is 0 Å². The Morgan fingerprint density at radius 2 is 1.88 bits per heavy atom. The zero-order chi connectivity index (χ0) is 18.9. The van der Waals surface area contributed by atoms with Crippen LogP contribution >= 0.6 is 0 Å². The fourth-order valence-electron chi connectivity index (χ4n) is 2.35. The molecule has 1 aromatic heterocycles. The number of furan rings is 1. The first-order chi connectivity index (χ1) is 12.5. The number of hydrogen-bond donors (Lipinski definition) is 2. The lowest BCUT2D eigenvalue weighted by molar-refractivity contribution is -0.141. The Labute approximate surface area is 151 Å². The normalized spacial score (nSPS) is 11.5. The smallest absolute Gasteiger partial charge is 0.307 e. The SMILES string of the molecule is COC(=O)CC(NC(=O)CCNC(=O)c1ccco1)c1ccc(C)cc1. The average molecular weight is 358 g/mol. The molecule has 2 N–H and O–H groups in total. The number of aryl methyl sites for hydroxylation is 1. The predicted octanol–water partition coefficient (Wildman–Crippen LogP) is 2.13. The number of benzene rings is 1. The van der Waals surface area contributed by atoms with Crippen molar-refractivity contribution >= 4 is 17.8 Å². The van der Waals surface area contributed by atoms with E-state index < -0.39 is 12.0 Å². The molecule has 1 unspecified atom stereocenters. The van der Waals surface area contributed by atoms with Gasteiger partial charge in [-0.15, -0.1) is 0 Å². The number of esters is 1. The van der Waals surface area contributed by atoms with E-state index in [1.54, 1.807) is 12.1 Å². The van der Waals surface area contributed by atoms with Gasteiger partial charge in [-0.2, -0.15) is 0 Å². The van der Waals surface area contributed by atoms with Crippen molar-refractivity contribution < 1.29 is 23.5 Å². The molecular formula is C19H22N2O5. The third-order valence-corrected chi connectivity index (χ3v) is 3.80. The van der Waals surface area contributed by atoms with Gasteiger partial charge in [0, 0.05) is 13.0 Å². The van der Waals surface area contributed by atoms with Crippen molar-refractivity contribution in [3.63, 3.8) is 0 Å². The molecular weight excluding hydrogens is 336 g/mol. The molecule has 1 aromatic carbocycles. The van der Waals surface area contributed by atoms with Gasteiger partial charge in [0.1, 0.15) is 0 Å². The molecule has 0 saturated heterocycles. The summed E-state index contributed by atoms with van der Waals surface area (Å²) in [6.07, 6.45) is 1.51. The van der Waals surface area contributed by atoms with E-state index in [1.165, 1.54) is 13.4 Å². The van der Waals surface area contributed by atoms with Gasteiger partial charge < -0.3 is 19.8 Å². The van der Waals surface area contributed by atoms with Crippen molar-refractivity contribution in [2.45, 2.75) is 25.8 Å². The molecule has 138 valence electrons. The molecule has 2 amide bonds. The number of carbonyl (C=O) groups excluding carboxylic acids is 3. The number of nitrogens with one attached hydrogen (secondary N) is 2. The molecule has 1 heterocycles. The van der Waals surface area contributed by atoms with Crippen LogP contribution in [0.2, 0.25) is 0 Å². The summed E-state index contributed by atoms with van der Waals surface area (Å²) in [5.74, 6) is -0.887. The highest BCUT2D eigenvalue weighted by molar-refractivity contribution is 5.91. The van der Waals surface area contributed by atoms with Gasteiger partial charge in [-0.25, -0.2) is 0 Å². The Morgan fingerprint density at radius 3 is 2.50 bits per heavy atom. The lowest BCUT2D eigenvalue weighted by atomic mass is 10.0. The second-order valence-corrected chi connectivity index (χ2v) is 5.79. The van der Waals surface area contributed by atoms with Gasteiger partial charge in [0.15, 0.2) is 5.76 Å². The van der Waals surface area contributed by atoms with Crippen LogP contribution in [0.5, 0.6) is 0 Å². The molecule has 0 aliphatic heterocycles. The number of amides is 2. The Bertz CT molecular complexity index is 738. The average Bonchev–Trinajstić information content (AvgIpc) is 3.16. The Kier molecular flexibility index (Phi) is 6.96. The molecule has 2 aromatic rings. The summed E-state index contributed by atoms with van der Waals surface area (Å²) in [7, 11) is 1.31. The van der Waals surface area contributed by atoms with E-state index in [0.29, 0.717) is 0 Å². The van der Waals surface area contributed by atoms with Crippen molar-refractivity contribution in [2.75, 3.05) is 13.7 Å². The Hall–Kier alpha value is -3.09. The minimum absolute atomic E-state index is 0.0318. The number of methoxy groups -OCH3 is 1. The molecule has 0 aliphatic rings. The first-order valence-corrected chi connectivity index (χ1v) is 8.24. The molecule has 0 bridgehead atoms. The first-order valence-electron chi connectivity index (χ1n) is 8.24. The second kappa shape index (κ2) is 9.41. The standard InChI is InChI=1S/C19H22N2O5/c1-13-5-7-14(8-6-13)15(12-18(23)25-2)21-17(22)9-10-20-19(24)16-4-3-11-26-16/h3-8,11,15H,9-10,12H2,1-2H3,(H,20,24)(H,21,22). The molecule has 7 heteroatoms. The Balaban J connectivity index is 1.89. The van der Waals surface area contributed by atoms with Crippen LogP contribution in [0.15, 0.2) is 47.1 Å². The molecule has 0 aliphatic carbocycles. The zero-order valence-electron chi connectivity index (χ0n) is 14.8. The highest BCUT2D eigenvalue weighted by Crippen LogP contribution is 2.18. The van der Waals surface area contributed by atoms with E-state index in [9.17, 15) is 14.4 Å². The number of rotatable bonds is 8. The van der Waals surface area contributed by atoms with Crippen molar-refractivity contribution in [2.24, 2.45) is 0 Å². The summed E-state index contributed by atoms with van der Waals surface area (Å²) in [5, 5.41) is 5.42. The summed E-state index contributed by atoms with van der Waals surface area (Å²) < 4.78 is 9.68. The molecule has 26 heavy (non-hydrogen) atoms. The highest BCUT2D eigenvalue weighted by atomic mass is 16.5. The topological polar surface area (TPSA) is 97.6 Å². The predicted molar refractivity (Wildman–Crippen MR) is 94.4 cm³/mol. The van der Waals surface area contributed by atoms with E-state index in [2.05, 4.69) is 10.6 Å². The Morgan fingerprint density at radius 1 is 1.15 bits per heavy atom. The summed E-state index contributed by atoms with van der Waals surface area (Å²) >= 11 is 0. The zero-order valence-corrected chi connectivity index (χ0v) is 14.8. The number of carbonyl (C=O) groups is 3. The minimum Gasteiger partial charge on any atom is -0.469 e.